The number of nitrogens with zero attached hydrogens (tertiary/aromatic N) is 3. The number of alkyl halides is 1. The molecule has 5 rings (SSSR count). The smallest absolute Gasteiger partial charge is 0.439 e. The lowest BCUT2D eigenvalue weighted by Crippen LogP contribution is -2.29. The first-order valence-electron chi connectivity index (χ1n) is 14.0. The number of aryl methyl sites for hydroxylation is 1. The van der Waals surface area contributed by atoms with E-state index in [2.05, 4.69) is 10.1 Å². The molecule has 5 aromatic rings. The van der Waals surface area contributed by atoms with E-state index in [9.17, 15) is 14.0 Å². The molecule has 216 valence electrons. The second-order valence-corrected chi connectivity index (χ2v) is 10.4. The molecule has 1 atom stereocenters. The number of nitrogens with one attached hydrogen (secondary N) is 1. The van der Waals surface area contributed by atoms with Gasteiger partial charge in [-0.2, -0.15) is 0 Å². The van der Waals surface area contributed by atoms with Gasteiger partial charge < -0.3 is 4.74 Å². The number of halogens is 1. The number of H-pyrrole nitrogens is 1. The molecule has 0 fully saturated rings. The Labute approximate surface area is 242 Å². The van der Waals surface area contributed by atoms with Crippen LogP contribution >= 0.6 is 0 Å². The second kappa shape index (κ2) is 12.4. The lowest BCUT2D eigenvalue weighted by atomic mass is 9.98. The molecular formula is C33H33FN4O4. The minimum Gasteiger partial charge on any atom is -0.491 e. The molecule has 9 heteroatoms. The van der Waals surface area contributed by atoms with Gasteiger partial charge in [-0.05, 0) is 61.6 Å². The molecule has 8 nitrogen and oxygen atoms in total. The third kappa shape index (κ3) is 6.10. The maximum Gasteiger partial charge on any atom is 0.439 e. The van der Waals surface area contributed by atoms with E-state index in [1.807, 2.05) is 69.3 Å². The standard InChI is InChI=1S/C33H33FN4O4/c1-5-8-28-35-30(21(4)34)29(24-15-17-25(18-16-24)41-20(2)3)32(39)38(28)19-22-11-13-23(14-12-22)26-9-6-7-10-27(26)31-36-33(40)42-37-31/h6-7,9-18,20-21H,5,8,19H2,1-4H3,(H,36,37,40). The maximum absolute atomic E-state index is 14.9. The summed E-state index contributed by atoms with van der Waals surface area (Å²) >= 11 is 0. The Hall–Kier alpha value is -4.79. The number of benzene rings is 3. The van der Waals surface area contributed by atoms with Crippen molar-refractivity contribution in [3.8, 4) is 39.4 Å². The van der Waals surface area contributed by atoms with E-state index in [0.717, 1.165) is 28.7 Å². The first-order chi connectivity index (χ1) is 20.2. The summed E-state index contributed by atoms with van der Waals surface area (Å²) in [6.07, 6.45) is -0.107. The van der Waals surface area contributed by atoms with Crippen LogP contribution in [0.3, 0.4) is 0 Å². The van der Waals surface area contributed by atoms with Crippen molar-refractivity contribution in [2.24, 2.45) is 0 Å². The third-order valence-electron chi connectivity index (χ3n) is 6.87. The highest BCUT2D eigenvalue weighted by Gasteiger charge is 2.22. The van der Waals surface area contributed by atoms with Gasteiger partial charge in [0.2, 0.25) is 0 Å². The first-order valence-corrected chi connectivity index (χ1v) is 14.0. The number of aromatic nitrogens is 4. The van der Waals surface area contributed by atoms with E-state index in [1.54, 1.807) is 28.8 Å². The van der Waals surface area contributed by atoms with Crippen molar-refractivity contribution in [1.82, 2.24) is 19.7 Å². The number of ether oxygens (including phenoxy) is 1. The molecule has 1 N–H and O–H groups in total. The minimum atomic E-state index is -1.41. The lowest BCUT2D eigenvalue weighted by Gasteiger charge is -2.18. The Morgan fingerprint density at radius 1 is 0.929 bits per heavy atom. The summed E-state index contributed by atoms with van der Waals surface area (Å²) < 4.78 is 27.0. The molecule has 0 aliphatic heterocycles. The van der Waals surface area contributed by atoms with Crippen molar-refractivity contribution < 1.29 is 13.7 Å². The monoisotopic (exact) mass is 568 g/mol. The van der Waals surface area contributed by atoms with Crippen molar-refractivity contribution in [2.45, 2.75) is 59.4 Å². The summed E-state index contributed by atoms with van der Waals surface area (Å²) in [4.78, 5) is 32.8. The van der Waals surface area contributed by atoms with Gasteiger partial charge in [-0.15, -0.1) is 0 Å². The Balaban J connectivity index is 1.53. The Morgan fingerprint density at radius 2 is 1.60 bits per heavy atom. The van der Waals surface area contributed by atoms with Crippen LogP contribution in [0.15, 0.2) is 86.9 Å². The highest BCUT2D eigenvalue weighted by atomic mass is 19.1. The molecular weight excluding hydrogens is 535 g/mol. The summed E-state index contributed by atoms with van der Waals surface area (Å²) in [6, 6.07) is 22.5. The maximum atomic E-state index is 14.9. The van der Waals surface area contributed by atoms with Gasteiger partial charge in [0.25, 0.3) is 5.56 Å². The summed E-state index contributed by atoms with van der Waals surface area (Å²) in [5.41, 5.74) is 4.11. The number of aromatic amines is 1. The minimum absolute atomic E-state index is 0.00992. The fraction of sp³-hybridized carbons (Fsp3) is 0.273. The van der Waals surface area contributed by atoms with Crippen LogP contribution in [0.1, 0.15) is 57.4 Å². The predicted molar refractivity (Wildman–Crippen MR) is 160 cm³/mol. The highest BCUT2D eigenvalue weighted by Crippen LogP contribution is 2.31. The van der Waals surface area contributed by atoms with Crippen molar-refractivity contribution in [2.75, 3.05) is 0 Å². The third-order valence-corrected chi connectivity index (χ3v) is 6.87. The fourth-order valence-corrected chi connectivity index (χ4v) is 4.99. The van der Waals surface area contributed by atoms with E-state index in [1.165, 1.54) is 6.92 Å². The van der Waals surface area contributed by atoms with Gasteiger partial charge in [0.05, 0.1) is 23.9 Å². The largest absolute Gasteiger partial charge is 0.491 e. The van der Waals surface area contributed by atoms with Crippen molar-refractivity contribution >= 4 is 0 Å². The Morgan fingerprint density at radius 3 is 2.19 bits per heavy atom. The molecule has 0 saturated carbocycles. The predicted octanol–water partition coefficient (Wildman–Crippen LogP) is 6.74. The van der Waals surface area contributed by atoms with Crippen LogP contribution in [-0.4, -0.2) is 25.8 Å². The van der Waals surface area contributed by atoms with Crippen LogP contribution in [0.5, 0.6) is 5.75 Å². The van der Waals surface area contributed by atoms with Crippen molar-refractivity contribution in [3.05, 3.63) is 111 Å². The van der Waals surface area contributed by atoms with E-state index in [-0.39, 0.29) is 29.5 Å². The highest BCUT2D eigenvalue weighted by molar-refractivity contribution is 5.80. The molecule has 0 saturated heterocycles. The van der Waals surface area contributed by atoms with E-state index >= 15 is 0 Å². The van der Waals surface area contributed by atoms with Gasteiger partial charge >= 0.3 is 5.76 Å². The van der Waals surface area contributed by atoms with Gasteiger partial charge in [0.15, 0.2) is 5.82 Å². The zero-order valence-electron chi connectivity index (χ0n) is 24.1. The molecule has 0 amide bonds. The molecule has 2 heterocycles. The van der Waals surface area contributed by atoms with Crippen molar-refractivity contribution in [1.29, 1.82) is 0 Å². The van der Waals surface area contributed by atoms with Crippen LogP contribution in [0.4, 0.5) is 4.39 Å². The van der Waals surface area contributed by atoms with E-state index in [0.29, 0.717) is 29.4 Å². The van der Waals surface area contributed by atoms with Gasteiger partial charge in [0, 0.05) is 12.0 Å². The average molecular weight is 569 g/mol. The average Bonchev–Trinajstić information content (AvgIpc) is 3.41. The van der Waals surface area contributed by atoms with Gasteiger partial charge in [-0.1, -0.05) is 72.7 Å². The van der Waals surface area contributed by atoms with Gasteiger partial charge in [-0.25, -0.2) is 14.2 Å². The Bertz CT molecular complexity index is 1790. The van der Waals surface area contributed by atoms with Crippen LogP contribution in [-0.2, 0) is 13.0 Å². The molecule has 3 aromatic carbocycles. The summed E-state index contributed by atoms with van der Waals surface area (Å²) in [5, 5.41) is 3.83. The van der Waals surface area contributed by atoms with Crippen molar-refractivity contribution in [3.63, 3.8) is 0 Å². The topological polar surface area (TPSA) is 103 Å². The molecule has 0 spiro atoms. The lowest BCUT2D eigenvalue weighted by molar-refractivity contribution is 0.242. The summed E-state index contributed by atoms with van der Waals surface area (Å²) in [7, 11) is 0. The quantitative estimate of drug-likeness (QED) is 0.200. The number of rotatable bonds is 10. The second-order valence-electron chi connectivity index (χ2n) is 10.4. The van der Waals surface area contributed by atoms with Crippen LogP contribution in [0.25, 0.3) is 33.6 Å². The zero-order valence-corrected chi connectivity index (χ0v) is 24.1. The number of hydrogen-bond donors (Lipinski definition) is 1. The molecule has 2 aromatic heterocycles. The summed E-state index contributed by atoms with van der Waals surface area (Å²) in [6.45, 7) is 7.57. The summed E-state index contributed by atoms with van der Waals surface area (Å²) in [5.74, 6) is 0.954. The fourth-order valence-electron chi connectivity index (χ4n) is 4.99. The van der Waals surface area contributed by atoms with Crippen LogP contribution in [0, 0.1) is 0 Å². The molecule has 0 aliphatic rings. The van der Waals surface area contributed by atoms with E-state index in [4.69, 9.17) is 14.2 Å². The molecule has 1 unspecified atom stereocenters. The molecule has 42 heavy (non-hydrogen) atoms. The number of hydrogen-bond acceptors (Lipinski definition) is 6. The molecule has 0 radical (unpaired) electrons. The normalized spacial score (nSPS) is 12.0. The van der Waals surface area contributed by atoms with Crippen LogP contribution < -0.4 is 16.1 Å². The first kappa shape index (κ1) is 28.7. The SMILES string of the molecule is CCCc1nc(C(C)F)c(-c2ccc(OC(C)C)cc2)c(=O)n1Cc1ccc(-c2ccccc2-c2noc(=O)[nH]2)cc1. The van der Waals surface area contributed by atoms with Gasteiger partial charge in [-0.3, -0.25) is 18.9 Å². The molecule has 0 bridgehead atoms. The van der Waals surface area contributed by atoms with Crippen LogP contribution in [0.2, 0.25) is 0 Å². The van der Waals surface area contributed by atoms with Gasteiger partial charge in [0.1, 0.15) is 17.7 Å². The Kier molecular flexibility index (Phi) is 8.47. The molecule has 0 aliphatic carbocycles. The zero-order chi connectivity index (χ0) is 29.8. The van der Waals surface area contributed by atoms with E-state index < -0.39 is 11.9 Å².